The third-order valence-corrected chi connectivity index (χ3v) is 5.48. The summed E-state index contributed by atoms with van der Waals surface area (Å²) < 4.78 is 14.0. The summed E-state index contributed by atoms with van der Waals surface area (Å²) in [5, 5.41) is 2.99. The van der Waals surface area contributed by atoms with Gasteiger partial charge in [-0.3, -0.25) is 14.5 Å². The summed E-state index contributed by atoms with van der Waals surface area (Å²) >= 11 is 0. The van der Waals surface area contributed by atoms with Crippen molar-refractivity contribution in [3.8, 4) is 0 Å². The van der Waals surface area contributed by atoms with Crippen molar-refractivity contribution < 1.29 is 14.0 Å². The van der Waals surface area contributed by atoms with Crippen molar-refractivity contribution >= 4 is 17.5 Å². The number of anilines is 1. The molecule has 0 radical (unpaired) electrons. The van der Waals surface area contributed by atoms with Crippen molar-refractivity contribution in [3.05, 3.63) is 102 Å². The summed E-state index contributed by atoms with van der Waals surface area (Å²) in [6, 6.07) is 24.5. The number of carbonyl (C=O) groups is 2. The maximum atomic E-state index is 14.0. The van der Waals surface area contributed by atoms with Crippen LogP contribution in [0.2, 0.25) is 0 Å². The minimum absolute atomic E-state index is 0.0809. The van der Waals surface area contributed by atoms with E-state index < -0.39 is 11.9 Å². The highest BCUT2D eigenvalue weighted by Gasteiger charge is 2.32. The van der Waals surface area contributed by atoms with Gasteiger partial charge >= 0.3 is 0 Å². The van der Waals surface area contributed by atoms with Crippen LogP contribution in [0.15, 0.2) is 84.9 Å². The van der Waals surface area contributed by atoms with Crippen LogP contribution < -0.4 is 5.32 Å². The maximum Gasteiger partial charge on any atom is 0.256 e. The van der Waals surface area contributed by atoms with Crippen molar-refractivity contribution in [3.63, 3.8) is 0 Å². The minimum Gasteiger partial charge on any atom is -0.336 e. The molecule has 0 aliphatic carbocycles. The van der Waals surface area contributed by atoms with Crippen molar-refractivity contribution in [2.75, 3.05) is 31.5 Å². The van der Waals surface area contributed by atoms with Crippen molar-refractivity contribution in [2.24, 2.45) is 0 Å². The molecule has 3 aromatic rings. The van der Waals surface area contributed by atoms with Crippen LogP contribution in [0.1, 0.15) is 22.0 Å². The first kappa shape index (κ1) is 20.8. The zero-order valence-electron chi connectivity index (χ0n) is 17.1. The van der Waals surface area contributed by atoms with Gasteiger partial charge in [0.1, 0.15) is 11.9 Å². The van der Waals surface area contributed by atoms with E-state index in [2.05, 4.69) is 10.2 Å². The normalized spacial score (nSPS) is 15.3. The first-order valence-electron chi connectivity index (χ1n) is 10.3. The number of hydrogen-bond acceptors (Lipinski definition) is 3. The Balaban J connectivity index is 1.49. The predicted molar refractivity (Wildman–Crippen MR) is 118 cm³/mol. The minimum atomic E-state index is -0.515. The lowest BCUT2D eigenvalue weighted by Gasteiger charge is -2.38. The molecule has 3 aromatic carbocycles. The largest absolute Gasteiger partial charge is 0.336 e. The first-order chi connectivity index (χ1) is 15.1. The molecule has 0 bridgehead atoms. The van der Waals surface area contributed by atoms with E-state index in [0.29, 0.717) is 26.2 Å². The van der Waals surface area contributed by atoms with Crippen LogP contribution in [0, 0.1) is 5.82 Å². The molecule has 6 heteroatoms. The lowest BCUT2D eigenvalue weighted by molar-refractivity contribution is -0.122. The first-order valence-corrected chi connectivity index (χ1v) is 10.3. The van der Waals surface area contributed by atoms with Gasteiger partial charge in [-0.25, -0.2) is 4.39 Å². The molecule has 0 aromatic heterocycles. The van der Waals surface area contributed by atoms with E-state index in [-0.39, 0.29) is 17.4 Å². The number of nitrogens with zero attached hydrogens (tertiary/aromatic N) is 2. The fourth-order valence-electron chi connectivity index (χ4n) is 3.88. The molecule has 1 fully saturated rings. The second kappa shape index (κ2) is 9.53. The lowest BCUT2D eigenvalue weighted by Crippen LogP contribution is -2.51. The molecule has 0 saturated carbocycles. The quantitative estimate of drug-likeness (QED) is 0.684. The van der Waals surface area contributed by atoms with E-state index in [4.69, 9.17) is 0 Å². The zero-order valence-corrected chi connectivity index (χ0v) is 17.1. The summed E-state index contributed by atoms with van der Waals surface area (Å²) in [6.07, 6.45) is 0. The molecule has 1 unspecified atom stereocenters. The van der Waals surface area contributed by atoms with Gasteiger partial charge in [-0.05, 0) is 29.8 Å². The van der Waals surface area contributed by atoms with Crippen LogP contribution in [0.4, 0.5) is 10.1 Å². The molecule has 31 heavy (non-hydrogen) atoms. The van der Waals surface area contributed by atoms with E-state index in [0.717, 1.165) is 11.3 Å². The summed E-state index contributed by atoms with van der Waals surface area (Å²) in [7, 11) is 0. The number of nitrogens with one attached hydrogen (secondary N) is 1. The Kier molecular flexibility index (Phi) is 6.38. The van der Waals surface area contributed by atoms with Gasteiger partial charge in [0.15, 0.2) is 0 Å². The van der Waals surface area contributed by atoms with E-state index in [9.17, 15) is 14.0 Å². The molecule has 1 atom stereocenters. The van der Waals surface area contributed by atoms with Crippen molar-refractivity contribution in [1.29, 1.82) is 0 Å². The highest BCUT2D eigenvalue weighted by Crippen LogP contribution is 2.25. The second-order valence-electron chi connectivity index (χ2n) is 7.48. The van der Waals surface area contributed by atoms with Crippen LogP contribution in [0.3, 0.4) is 0 Å². The number of para-hydroxylation sites is 1. The fraction of sp³-hybridized carbons (Fsp3) is 0.200. The maximum absolute atomic E-state index is 14.0. The molecule has 4 rings (SSSR count). The van der Waals surface area contributed by atoms with E-state index in [1.54, 1.807) is 17.0 Å². The molecular formula is C25H24FN3O2. The van der Waals surface area contributed by atoms with Gasteiger partial charge in [0, 0.05) is 31.9 Å². The summed E-state index contributed by atoms with van der Waals surface area (Å²) in [5.41, 5.74) is 1.71. The van der Waals surface area contributed by atoms with E-state index in [1.165, 1.54) is 12.1 Å². The molecule has 158 valence electrons. The molecule has 1 aliphatic rings. The number of halogens is 1. The van der Waals surface area contributed by atoms with Crippen LogP contribution >= 0.6 is 0 Å². The van der Waals surface area contributed by atoms with Gasteiger partial charge in [-0.2, -0.15) is 0 Å². The summed E-state index contributed by atoms with van der Waals surface area (Å²) in [5.74, 6) is -0.951. The predicted octanol–water partition coefficient (Wildman–Crippen LogP) is 3.96. The smallest absolute Gasteiger partial charge is 0.256 e. The Morgan fingerprint density at radius 1 is 0.774 bits per heavy atom. The number of piperazine rings is 1. The number of hydrogen-bond donors (Lipinski definition) is 1. The third-order valence-electron chi connectivity index (χ3n) is 5.48. The second-order valence-corrected chi connectivity index (χ2v) is 7.48. The van der Waals surface area contributed by atoms with Gasteiger partial charge in [-0.15, -0.1) is 0 Å². The zero-order chi connectivity index (χ0) is 21.6. The van der Waals surface area contributed by atoms with Gasteiger partial charge in [0.25, 0.3) is 5.91 Å². The highest BCUT2D eigenvalue weighted by molar-refractivity contribution is 5.96. The highest BCUT2D eigenvalue weighted by atomic mass is 19.1. The Morgan fingerprint density at radius 3 is 2.00 bits per heavy atom. The molecule has 1 heterocycles. The molecular weight excluding hydrogens is 393 g/mol. The van der Waals surface area contributed by atoms with Crippen LogP contribution in [0.25, 0.3) is 0 Å². The number of rotatable bonds is 5. The summed E-state index contributed by atoms with van der Waals surface area (Å²) in [4.78, 5) is 29.7. The molecule has 1 saturated heterocycles. The SMILES string of the molecule is O=C(Nc1ccccc1)C(c1ccccc1)N1CCN(C(=O)c2ccccc2F)CC1. The van der Waals surface area contributed by atoms with E-state index in [1.807, 2.05) is 60.7 Å². The van der Waals surface area contributed by atoms with Crippen molar-refractivity contribution in [1.82, 2.24) is 9.80 Å². The molecule has 0 spiro atoms. The van der Waals surface area contributed by atoms with Gasteiger partial charge < -0.3 is 10.2 Å². The Hall–Kier alpha value is -3.51. The fourth-order valence-corrected chi connectivity index (χ4v) is 3.88. The lowest BCUT2D eigenvalue weighted by atomic mass is 10.0. The number of amides is 2. The summed E-state index contributed by atoms with van der Waals surface area (Å²) in [6.45, 7) is 1.88. The van der Waals surface area contributed by atoms with E-state index >= 15 is 0 Å². The van der Waals surface area contributed by atoms with Gasteiger partial charge in [0.2, 0.25) is 5.91 Å². The molecule has 5 nitrogen and oxygen atoms in total. The Labute approximate surface area is 181 Å². The third kappa shape index (κ3) is 4.81. The molecule has 2 amide bonds. The van der Waals surface area contributed by atoms with Crippen LogP contribution in [0.5, 0.6) is 0 Å². The average molecular weight is 417 g/mol. The Morgan fingerprint density at radius 2 is 1.35 bits per heavy atom. The van der Waals surface area contributed by atoms with Gasteiger partial charge in [-0.1, -0.05) is 60.7 Å². The van der Waals surface area contributed by atoms with Gasteiger partial charge in [0.05, 0.1) is 5.56 Å². The number of benzene rings is 3. The molecule has 1 aliphatic heterocycles. The van der Waals surface area contributed by atoms with Crippen LogP contribution in [-0.2, 0) is 4.79 Å². The topological polar surface area (TPSA) is 52.7 Å². The Bertz CT molecular complexity index is 1030. The van der Waals surface area contributed by atoms with Crippen molar-refractivity contribution in [2.45, 2.75) is 6.04 Å². The van der Waals surface area contributed by atoms with Crippen LogP contribution in [-0.4, -0.2) is 47.8 Å². The monoisotopic (exact) mass is 417 g/mol. The molecule has 1 N–H and O–H groups in total. The number of carbonyl (C=O) groups excluding carboxylic acids is 2. The standard InChI is InChI=1S/C25H24FN3O2/c26-22-14-8-7-13-21(22)25(31)29-17-15-28(16-18-29)23(19-9-3-1-4-10-19)24(30)27-20-11-5-2-6-12-20/h1-14,23H,15-18H2,(H,27,30). The average Bonchev–Trinajstić information content (AvgIpc) is 2.81.